The summed E-state index contributed by atoms with van der Waals surface area (Å²) in [6.07, 6.45) is 10.6. The molecule has 0 N–H and O–H groups in total. The van der Waals surface area contributed by atoms with Crippen LogP contribution >= 0.6 is 0 Å². The predicted molar refractivity (Wildman–Crippen MR) is 133 cm³/mol. The molecule has 2 heterocycles. The monoisotopic (exact) mass is 500 g/mol. The second-order valence-electron chi connectivity index (χ2n) is 11.0. The molecule has 5 fully saturated rings. The Kier molecular flexibility index (Phi) is 7.14. The van der Waals surface area contributed by atoms with Crippen molar-refractivity contribution in [3.8, 4) is 5.75 Å². The zero-order valence-corrected chi connectivity index (χ0v) is 21.4. The van der Waals surface area contributed by atoms with Gasteiger partial charge in [-0.2, -0.15) is 0 Å². The van der Waals surface area contributed by atoms with Crippen molar-refractivity contribution in [1.82, 2.24) is 0 Å². The Morgan fingerprint density at radius 2 is 1.25 bits per heavy atom. The first-order valence-corrected chi connectivity index (χ1v) is 13.8. The summed E-state index contributed by atoms with van der Waals surface area (Å²) in [5.74, 6) is -0.281. The van der Waals surface area contributed by atoms with E-state index in [2.05, 4.69) is 6.58 Å². The summed E-state index contributed by atoms with van der Waals surface area (Å²) in [6.45, 7) is 4.73. The molecule has 7 nitrogen and oxygen atoms in total. The molecule has 7 heteroatoms. The lowest BCUT2D eigenvalue weighted by atomic mass is 9.84. The molecule has 2 aliphatic heterocycles. The van der Waals surface area contributed by atoms with Crippen molar-refractivity contribution in [2.75, 3.05) is 13.7 Å². The molecule has 0 unspecified atom stereocenters. The highest BCUT2D eigenvalue weighted by Gasteiger charge is 2.67. The minimum absolute atomic E-state index is 0.231. The van der Waals surface area contributed by atoms with Gasteiger partial charge >= 0.3 is 0 Å². The summed E-state index contributed by atoms with van der Waals surface area (Å²) in [5, 5.41) is 0. The highest BCUT2D eigenvalue weighted by molar-refractivity contribution is 5.26. The van der Waals surface area contributed by atoms with E-state index in [-0.39, 0.29) is 36.6 Å². The van der Waals surface area contributed by atoms with Crippen molar-refractivity contribution in [1.29, 1.82) is 0 Å². The van der Waals surface area contributed by atoms with Crippen LogP contribution in [0.25, 0.3) is 0 Å². The van der Waals surface area contributed by atoms with E-state index in [1.807, 2.05) is 24.3 Å². The highest BCUT2D eigenvalue weighted by atomic mass is 16.8. The standard InChI is InChI=1S/C29H40O7/c1-3-18-31-22-23(32-19-20-10-12-21(30-2)13-11-20)25-27(36-29(34-25)16-8-5-9-17-29)26-24(22)33-28(35-26)14-6-4-7-15-28/h3,10-13,22-27H,1,4-9,14-19H2,2H3/t22-,23-,24+,25-,26-,27-/m0/s1. The molecule has 1 aromatic rings. The van der Waals surface area contributed by atoms with Gasteiger partial charge < -0.3 is 33.2 Å². The van der Waals surface area contributed by atoms with E-state index in [1.165, 1.54) is 12.8 Å². The zero-order valence-electron chi connectivity index (χ0n) is 21.4. The molecule has 0 aromatic heterocycles. The molecule has 0 radical (unpaired) electrons. The van der Waals surface area contributed by atoms with Gasteiger partial charge in [-0.3, -0.25) is 0 Å². The first-order valence-electron chi connectivity index (χ1n) is 13.8. The van der Waals surface area contributed by atoms with Crippen LogP contribution < -0.4 is 4.74 Å². The van der Waals surface area contributed by atoms with Crippen LogP contribution in [0.1, 0.15) is 69.8 Å². The van der Waals surface area contributed by atoms with E-state index in [0.717, 1.165) is 62.7 Å². The van der Waals surface area contributed by atoms with Crippen LogP contribution in [0.3, 0.4) is 0 Å². The normalized spacial score (nSPS) is 36.5. The van der Waals surface area contributed by atoms with Crippen molar-refractivity contribution in [2.24, 2.45) is 0 Å². The number of fused-ring (bicyclic) bond motifs is 3. The lowest BCUT2D eigenvalue weighted by molar-refractivity contribution is -0.231. The molecule has 198 valence electrons. The third kappa shape index (κ3) is 4.63. The van der Waals surface area contributed by atoms with Crippen LogP contribution in [0.2, 0.25) is 0 Å². The quantitative estimate of drug-likeness (QED) is 0.485. The average Bonchev–Trinajstić information content (AvgIpc) is 3.46. The Hall–Kier alpha value is -1.48. The van der Waals surface area contributed by atoms with Crippen molar-refractivity contribution < 1.29 is 33.2 Å². The molecule has 6 atom stereocenters. The maximum atomic E-state index is 6.82. The number of hydrogen-bond acceptors (Lipinski definition) is 7. The Morgan fingerprint density at radius 1 is 0.750 bits per heavy atom. The molecule has 1 aromatic carbocycles. The summed E-state index contributed by atoms with van der Waals surface area (Å²) in [7, 11) is 1.67. The van der Waals surface area contributed by atoms with Gasteiger partial charge in [-0.1, -0.05) is 31.1 Å². The topological polar surface area (TPSA) is 64.6 Å². The third-order valence-corrected chi connectivity index (χ3v) is 8.58. The molecular weight excluding hydrogens is 460 g/mol. The van der Waals surface area contributed by atoms with Gasteiger partial charge in [0.1, 0.15) is 42.4 Å². The molecule has 36 heavy (non-hydrogen) atoms. The van der Waals surface area contributed by atoms with Gasteiger partial charge in [-0.15, -0.1) is 6.58 Å². The maximum Gasteiger partial charge on any atom is 0.169 e. The number of ether oxygens (including phenoxy) is 7. The van der Waals surface area contributed by atoms with Crippen LogP contribution in [0, 0.1) is 0 Å². The molecule has 3 saturated carbocycles. The van der Waals surface area contributed by atoms with Gasteiger partial charge in [-0.25, -0.2) is 0 Å². The molecule has 5 aliphatic rings. The van der Waals surface area contributed by atoms with Gasteiger partial charge in [0.05, 0.1) is 20.3 Å². The van der Waals surface area contributed by atoms with Crippen LogP contribution in [0.4, 0.5) is 0 Å². The smallest absolute Gasteiger partial charge is 0.169 e. The molecule has 0 amide bonds. The maximum absolute atomic E-state index is 6.82. The van der Waals surface area contributed by atoms with E-state index in [4.69, 9.17) is 33.2 Å². The van der Waals surface area contributed by atoms with Gasteiger partial charge in [0.25, 0.3) is 0 Å². The van der Waals surface area contributed by atoms with E-state index < -0.39 is 11.6 Å². The Labute approximate surface area is 214 Å². The van der Waals surface area contributed by atoms with Gasteiger partial charge in [0.15, 0.2) is 11.6 Å². The van der Waals surface area contributed by atoms with E-state index in [1.54, 1.807) is 13.2 Å². The second-order valence-corrected chi connectivity index (χ2v) is 11.0. The lowest BCUT2D eigenvalue weighted by Gasteiger charge is -2.42. The summed E-state index contributed by atoms with van der Waals surface area (Å²) in [4.78, 5) is 0. The van der Waals surface area contributed by atoms with Crippen LogP contribution in [-0.2, 0) is 35.0 Å². The zero-order chi connectivity index (χ0) is 24.6. The molecule has 6 rings (SSSR count). The Balaban J connectivity index is 1.30. The summed E-state index contributed by atoms with van der Waals surface area (Å²) >= 11 is 0. The average molecular weight is 501 g/mol. The van der Waals surface area contributed by atoms with Gasteiger partial charge in [-0.05, 0) is 43.4 Å². The van der Waals surface area contributed by atoms with Gasteiger partial charge in [0, 0.05) is 25.7 Å². The third-order valence-electron chi connectivity index (χ3n) is 8.58. The lowest BCUT2D eigenvalue weighted by Crippen LogP contribution is -2.63. The van der Waals surface area contributed by atoms with Crippen molar-refractivity contribution in [2.45, 2.75) is 119 Å². The minimum atomic E-state index is -0.557. The van der Waals surface area contributed by atoms with Gasteiger partial charge in [0.2, 0.25) is 0 Å². The number of benzene rings is 1. The summed E-state index contributed by atoms with van der Waals surface area (Å²) in [6, 6.07) is 7.97. The summed E-state index contributed by atoms with van der Waals surface area (Å²) in [5.41, 5.74) is 1.07. The Morgan fingerprint density at radius 3 is 1.75 bits per heavy atom. The fourth-order valence-corrected chi connectivity index (χ4v) is 6.83. The molecule has 0 bridgehead atoms. The number of methoxy groups -OCH3 is 1. The van der Waals surface area contributed by atoms with E-state index >= 15 is 0 Å². The largest absolute Gasteiger partial charge is 0.497 e. The first kappa shape index (κ1) is 24.8. The molecule has 2 spiro atoms. The second kappa shape index (κ2) is 10.4. The minimum Gasteiger partial charge on any atom is -0.497 e. The van der Waals surface area contributed by atoms with Crippen molar-refractivity contribution in [3.05, 3.63) is 42.5 Å². The first-order chi connectivity index (χ1) is 17.6. The summed E-state index contributed by atoms with van der Waals surface area (Å²) < 4.78 is 45.5. The molecule has 3 aliphatic carbocycles. The predicted octanol–water partition coefficient (Wildman–Crippen LogP) is 5.05. The van der Waals surface area contributed by atoms with E-state index in [0.29, 0.717) is 13.2 Å². The van der Waals surface area contributed by atoms with Crippen molar-refractivity contribution in [3.63, 3.8) is 0 Å². The fraction of sp³-hybridized carbons (Fsp3) is 0.724. The molecular formula is C29H40O7. The molecule has 2 saturated heterocycles. The van der Waals surface area contributed by atoms with E-state index in [9.17, 15) is 0 Å². The Bertz CT molecular complexity index is 889. The number of rotatable bonds is 7. The van der Waals surface area contributed by atoms with Crippen LogP contribution in [0.5, 0.6) is 5.75 Å². The highest BCUT2D eigenvalue weighted by Crippen LogP contribution is 2.52. The van der Waals surface area contributed by atoms with Crippen LogP contribution in [0.15, 0.2) is 36.9 Å². The fourth-order valence-electron chi connectivity index (χ4n) is 6.83. The van der Waals surface area contributed by atoms with Crippen LogP contribution in [-0.4, -0.2) is 61.9 Å². The number of hydrogen-bond donors (Lipinski definition) is 0. The SMILES string of the molecule is C=CCO[C@H]1[C@H](OCc2ccc(OC)cc2)[C@@H]2OC3(CCCCC3)O[C@@H]2[C@H]2OC3(CCCCC3)O[C@H]12. The van der Waals surface area contributed by atoms with Crippen molar-refractivity contribution >= 4 is 0 Å².